The lowest BCUT2D eigenvalue weighted by Gasteiger charge is -2.31. The number of benzene rings is 1. The lowest BCUT2D eigenvalue weighted by atomic mass is 9.95. The number of likely N-dealkylation sites (tertiary alicyclic amines) is 1. The van der Waals surface area contributed by atoms with E-state index in [1.54, 1.807) is 16.9 Å². The summed E-state index contributed by atoms with van der Waals surface area (Å²) in [5, 5.41) is 7.94. The molecule has 1 aliphatic heterocycles. The van der Waals surface area contributed by atoms with Gasteiger partial charge in [-0.1, -0.05) is 24.6 Å². The third-order valence-electron chi connectivity index (χ3n) is 5.00. The van der Waals surface area contributed by atoms with Crippen LogP contribution in [-0.4, -0.2) is 46.1 Å². The van der Waals surface area contributed by atoms with E-state index in [2.05, 4.69) is 10.4 Å². The van der Waals surface area contributed by atoms with Gasteiger partial charge in [-0.25, -0.2) is 4.68 Å². The maximum Gasteiger partial charge on any atom is 0.257 e. The van der Waals surface area contributed by atoms with Crippen molar-refractivity contribution in [3.63, 3.8) is 0 Å². The average Bonchev–Trinajstić information content (AvgIpc) is 3.07. The lowest BCUT2D eigenvalue weighted by Crippen LogP contribution is -2.43. The zero-order valence-electron chi connectivity index (χ0n) is 15.7. The van der Waals surface area contributed by atoms with E-state index >= 15 is 0 Å². The van der Waals surface area contributed by atoms with Crippen molar-refractivity contribution in [1.82, 2.24) is 20.0 Å². The highest BCUT2D eigenvalue weighted by molar-refractivity contribution is 6.30. The zero-order valence-corrected chi connectivity index (χ0v) is 16.5. The van der Waals surface area contributed by atoms with E-state index in [1.165, 1.54) is 0 Å². The number of amides is 2. The molecule has 6 nitrogen and oxygen atoms in total. The molecule has 0 bridgehead atoms. The molecule has 0 unspecified atom stereocenters. The Hall–Kier alpha value is -2.34. The Bertz CT molecular complexity index is 825. The molecule has 144 valence electrons. The molecule has 0 saturated carbocycles. The van der Waals surface area contributed by atoms with Crippen LogP contribution in [0, 0.1) is 12.8 Å². The van der Waals surface area contributed by atoms with Gasteiger partial charge in [0.1, 0.15) is 0 Å². The number of carbonyl (C=O) groups is 2. The Kier molecular flexibility index (Phi) is 6.16. The number of aromatic nitrogens is 2. The molecule has 2 aromatic rings. The van der Waals surface area contributed by atoms with Gasteiger partial charge in [-0.2, -0.15) is 5.10 Å². The first-order valence-electron chi connectivity index (χ1n) is 9.38. The minimum absolute atomic E-state index is 0.00381. The van der Waals surface area contributed by atoms with Crippen molar-refractivity contribution in [3.05, 3.63) is 46.7 Å². The molecule has 1 aromatic heterocycles. The van der Waals surface area contributed by atoms with Gasteiger partial charge in [-0.05, 0) is 44.4 Å². The normalized spacial score (nSPS) is 15.0. The summed E-state index contributed by atoms with van der Waals surface area (Å²) in [6.07, 6.45) is 3.93. The predicted octanol–water partition coefficient (Wildman–Crippen LogP) is 3.21. The molecule has 0 atom stereocenters. The molecular formula is C20H25ClN4O2. The minimum Gasteiger partial charge on any atom is -0.356 e. The van der Waals surface area contributed by atoms with Crippen molar-refractivity contribution in [3.8, 4) is 5.69 Å². The van der Waals surface area contributed by atoms with Crippen LogP contribution in [0.5, 0.6) is 0 Å². The van der Waals surface area contributed by atoms with Gasteiger partial charge in [0.2, 0.25) is 5.91 Å². The number of nitrogens with one attached hydrogen (secondary N) is 1. The van der Waals surface area contributed by atoms with E-state index in [-0.39, 0.29) is 17.7 Å². The monoisotopic (exact) mass is 388 g/mol. The SMILES string of the molecule is CCCNC(=O)C1CCN(C(=O)c2cnn(-c3cccc(Cl)c3)c2C)CC1. The van der Waals surface area contributed by atoms with Crippen molar-refractivity contribution in [2.75, 3.05) is 19.6 Å². The second-order valence-electron chi connectivity index (χ2n) is 6.89. The molecule has 1 aliphatic rings. The Morgan fingerprint density at radius 1 is 1.30 bits per heavy atom. The van der Waals surface area contributed by atoms with Crippen LogP contribution < -0.4 is 5.32 Å². The van der Waals surface area contributed by atoms with Crippen molar-refractivity contribution in [2.45, 2.75) is 33.1 Å². The first-order chi connectivity index (χ1) is 13.0. The molecule has 0 radical (unpaired) electrons. The highest BCUT2D eigenvalue weighted by atomic mass is 35.5. The van der Waals surface area contributed by atoms with Crippen molar-refractivity contribution < 1.29 is 9.59 Å². The maximum atomic E-state index is 12.9. The second kappa shape index (κ2) is 8.57. The Labute approximate surface area is 164 Å². The summed E-state index contributed by atoms with van der Waals surface area (Å²) < 4.78 is 1.73. The largest absolute Gasteiger partial charge is 0.356 e. The Balaban J connectivity index is 1.67. The molecule has 0 aliphatic carbocycles. The summed E-state index contributed by atoms with van der Waals surface area (Å²) in [7, 11) is 0. The van der Waals surface area contributed by atoms with Gasteiger partial charge in [0.25, 0.3) is 5.91 Å². The van der Waals surface area contributed by atoms with E-state index in [4.69, 9.17) is 11.6 Å². The fraction of sp³-hybridized carbons (Fsp3) is 0.450. The maximum absolute atomic E-state index is 12.9. The Morgan fingerprint density at radius 3 is 2.70 bits per heavy atom. The van der Waals surface area contributed by atoms with Crippen LogP contribution in [0.4, 0.5) is 0 Å². The van der Waals surface area contributed by atoms with Crippen LogP contribution in [0.2, 0.25) is 5.02 Å². The molecular weight excluding hydrogens is 364 g/mol. The topological polar surface area (TPSA) is 67.2 Å². The third kappa shape index (κ3) is 4.33. The number of piperidine rings is 1. The minimum atomic E-state index is -0.0341. The van der Waals surface area contributed by atoms with E-state index in [1.807, 2.05) is 36.9 Å². The standard InChI is InChI=1S/C20H25ClN4O2/c1-3-9-22-19(26)15-7-10-24(11-8-15)20(27)18-13-23-25(14(18)2)17-6-4-5-16(21)12-17/h4-6,12-13,15H,3,7-11H2,1-2H3,(H,22,26). The molecule has 2 heterocycles. The van der Waals surface area contributed by atoms with Gasteiger partial charge in [-0.3, -0.25) is 9.59 Å². The van der Waals surface area contributed by atoms with E-state index in [0.29, 0.717) is 43.1 Å². The summed E-state index contributed by atoms with van der Waals surface area (Å²) in [5.41, 5.74) is 2.19. The summed E-state index contributed by atoms with van der Waals surface area (Å²) in [4.78, 5) is 26.8. The van der Waals surface area contributed by atoms with Crippen LogP contribution in [0.15, 0.2) is 30.5 Å². The molecule has 1 fully saturated rings. The molecule has 1 saturated heterocycles. The first-order valence-corrected chi connectivity index (χ1v) is 9.76. The van der Waals surface area contributed by atoms with Crippen molar-refractivity contribution >= 4 is 23.4 Å². The van der Waals surface area contributed by atoms with Crippen molar-refractivity contribution in [2.24, 2.45) is 5.92 Å². The number of nitrogens with zero attached hydrogens (tertiary/aromatic N) is 3. The molecule has 3 rings (SSSR count). The fourth-order valence-electron chi connectivity index (χ4n) is 3.40. The number of carbonyl (C=O) groups excluding carboxylic acids is 2. The van der Waals surface area contributed by atoms with Crippen LogP contribution in [0.25, 0.3) is 5.69 Å². The zero-order chi connectivity index (χ0) is 19.4. The number of hydrogen-bond donors (Lipinski definition) is 1. The van der Waals surface area contributed by atoms with Gasteiger partial charge < -0.3 is 10.2 Å². The smallest absolute Gasteiger partial charge is 0.257 e. The van der Waals surface area contributed by atoms with Gasteiger partial charge in [-0.15, -0.1) is 0 Å². The summed E-state index contributed by atoms with van der Waals surface area (Å²) >= 11 is 6.06. The van der Waals surface area contributed by atoms with Crippen LogP contribution >= 0.6 is 11.6 Å². The average molecular weight is 389 g/mol. The summed E-state index contributed by atoms with van der Waals surface area (Å²) in [5.74, 6) is 0.0676. The fourth-order valence-corrected chi connectivity index (χ4v) is 3.58. The third-order valence-corrected chi connectivity index (χ3v) is 5.23. The molecule has 27 heavy (non-hydrogen) atoms. The second-order valence-corrected chi connectivity index (χ2v) is 7.33. The predicted molar refractivity (Wildman–Crippen MR) is 105 cm³/mol. The van der Waals surface area contributed by atoms with Crippen LogP contribution in [-0.2, 0) is 4.79 Å². The van der Waals surface area contributed by atoms with Crippen LogP contribution in [0.3, 0.4) is 0 Å². The van der Waals surface area contributed by atoms with E-state index in [9.17, 15) is 9.59 Å². The van der Waals surface area contributed by atoms with Gasteiger partial charge in [0.05, 0.1) is 23.1 Å². The number of rotatable bonds is 5. The summed E-state index contributed by atoms with van der Waals surface area (Å²) in [6, 6.07) is 7.38. The Morgan fingerprint density at radius 2 is 2.04 bits per heavy atom. The first kappa shape index (κ1) is 19.4. The molecule has 1 N–H and O–H groups in total. The van der Waals surface area contributed by atoms with Gasteiger partial charge in [0, 0.05) is 30.6 Å². The summed E-state index contributed by atoms with van der Waals surface area (Å²) in [6.45, 7) is 5.80. The van der Waals surface area contributed by atoms with E-state index in [0.717, 1.165) is 17.8 Å². The van der Waals surface area contributed by atoms with Gasteiger partial charge in [0.15, 0.2) is 0 Å². The highest BCUT2D eigenvalue weighted by Gasteiger charge is 2.29. The number of halogens is 1. The molecule has 7 heteroatoms. The molecule has 0 spiro atoms. The highest BCUT2D eigenvalue weighted by Crippen LogP contribution is 2.22. The number of hydrogen-bond acceptors (Lipinski definition) is 3. The molecule has 1 aromatic carbocycles. The molecule has 2 amide bonds. The van der Waals surface area contributed by atoms with Crippen LogP contribution in [0.1, 0.15) is 42.2 Å². The van der Waals surface area contributed by atoms with Gasteiger partial charge >= 0.3 is 0 Å². The quantitative estimate of drug-likeness (QED) is 0.855. The van der Waals surface area contributed by atoms with E-state index < -0.39 is 0 Å². The lowest BCUT2D eigenvalue weighted by molar-refractivity contribution is -0.126. The van der Waals surface area contributed by atoms with Crippen molar-refractivity contribution in [1.29, 1.82) is 0 Å².